The van der Waals surface area contributed by atoms with Gasteiger partial charge in [-0.25, -0.2) is 0 Å². The Morgan fingerprint density at radius 3 is 2.33 bits per heavy atom. The SMILES string of the molecule is CCN1CCN(C(=O)CNCCOC)CC1.Cl.Cl. The van der Waals surface area contributed by atoms with Crippen LogP contribution in [0.4, 0.5) is 0 Å². The summed E-state index contributed by atoms with van der Waals surface area (Å²) in [6.07, 6.45) is 0. The second-order valence-electron chi connectivity index (χ2n) is 3.98. The molecule has 1 N–H and O–H groups in total. The maximum Gasteiger partial charge on any atom is 0.236 e. The van der Waals surface area contributed by atoms with Crippen molar-refractivity contribution < 1.29 is 9.53 Å². The molecule has 1 rings (SSSR count). The Labute approximate surface area is 122 Å². The van der Waals surface area contributed by atoms with E-state index < -0.39 is 0 Å². The summed E-state index contributed by atoms with van der Waals surface area (Å²) >= 11 is 0. The predicted molar refractivity (Wildman–Crippen MR) is 77.9 cm³/mol. The van der Waals surface area contributed by atoms with Crippen molar-refractivity contribution >= 4 is 30.7 Å². The highest BCUT2D eigenvalue weighted by atomic mass is 35.5. The Bertz CT molecular complexity index is 212. The number of carbonyl (C=O) groups excluding carboxylic acids is 1. The summed E-state index contributed by atoms with van der Waals surface area (Å²) in [5, 5.41) is 3.08. The van der Waals surface area contributed by atoms with Gasteiger partial charge in [0, 0.05) is 39.8 Å². The third-order valence-electron chi connectivity index (χ3n) is 2.93. The first kappa shape index (κ1) is 20.3. The number of nitrogens with one attached hydrogen (secondary N) is 1. The first-order valence-electron chi connectivity index (χ1n) is 5.97. The van der Waals surface area contributed by atoms with Crippen molar-refractivity contribution in [3.63, 3.8) is 0 Å². The molecule has 0 bridgehead atoms. The van der Waals surface area contributed by atoms with Gasteiger partial charge in [0.15, 0.2) is 0 Å². The summed E-state index contributed by atoms with van der Waals surface area (Å²) in [7, 11) is 1.66. The van der Waals surface area contributed by atoms with E-state index >= 15 is 0 Å². The lowest BCUT2D eigenvalue weighted by Crippen LogP contribution is -2.50. The van der Waals surface area contributed by atoms with Gasteiger partial charge in [0.05, 0.1) is 13.2 Å². The number of piperazine rings is 1. The fourth-order valence-corrected chi connectivity index (χ4v) is 1.79. The Hall–Kier alpha value is -0.0700. The lowest BCUT2D eigenvalue weighted by atomic mass is 10.3. The van der Waals surface area contributed by atoms with E-state index in [9.17, 15) is 4.79 Å². The minimum absolute atomic E-state index is 0. The number of carbonyl (C=O) groups is 1. The molecule has 18 heavy (non-hydrogen) atoms. The van der Waals surface area contributed by atoms with Crippen LogP contribution < -0.4 is 5.32 Å². The van der Waals surface area contributed by atoms with Gasteiger partial charge in [-0.1, -0.05) is 6.92 Å². The van der Waals surface area contributed by atoms with E-state index in [0.717, 1.165) is 39.3 Å². The van der Waals surface area contributed by atoms with Gasteiger partial charge >= 0.3 is 0 Å². The standard InChI is InChI=1S/C11H23N3O2.2ClH/c1-3-13-5-7-14(8-6-13)11(15)10-12-4-9-16-2;;/h12H,3-10H2,1-2H3;2*1H. The average Bonchev–Trinajstić information content (AvgIpc) is 2.34. The Kier molecular flexibility index (Phi) is 13.5. The zero-order chi connectivity index (χ0) is 11.8. The molecule has 1 amide bonds. The molecule has 1 aliphatic heterocycles. The van der Waals surface area contributed by atoms with Crippen molar-refractivity contribution in [2.75, 3.05) is 59.5 Å². The number of methoxy groups -OCH3 is 1. The van der Waals surface area contributed by atoms with Gasteiger partial charge in [-0.05, 0) is 6.54 Å². The molecule has 0 radical (unpaired) electrons. The van der Waals surface area contributed by atoms with Crippen molar-refractivity contribution in [1.82, 2.24) is 15.1 Å². The summed E-state index contributed by atoms with van der Waals surface area (Å²) in [6.45, 7) is 8.76. The molecule has 0 atom stereocenters. The van der Waals surface area contributed by atoms with Crippen LogP contribution in [-0.2, 0) is 9.53 Å². The molecule has 0 unspecified atom stereocenters. The molecular formula is C11H25Cl2N3O2. The maximum atomic E-state index is 11.8. The van der Waals surface area contributed by atoms with E-state index in [4.69, 9.17) is 4.74 Å². The molecular weight excluding hydrogens is 277 g/mol. The van der Waals surface area contributed by atoms with Gasteiger partial charge in [0.1, 0.15) is 0 Å². The van der Waals surface area contributed by atoms with Crippen LogP contribution in [0.2, 0.25) is 0 Å². The summed E-state index contributed by atoms with van der Waals surface area (Å²) in [6, 6.07) is 0. The van der Waals surface area contributed by atoms with E-state index in [1.54, 1.807) is 7.11 Å². The number of hydrogen-bond donors (Lipinski definition) is 1. The summed E-state index contributed by atoms with van der Waals surface area (Å²) < 4.78 is 4.90. The van der Waals surface area contributed by atoms with Gasteiger partial charge < -0.3 is 19.9 Å². The summed E-state index contributed by atoms with van der Waals surface area (Å²) in [5.74, 6) is 0.201. The van der Waals surface area contributed by atoms with Gasteiger partial charge in [-0.15, -0.1) is 24.8 Å². The lowest BCUT2D eigenvalue weighted by Gasteiger charge is -2.34. The van der Waals surface area contributed by atoms with Crippen LogP contribution in [0.5, 0.6) is 0 Å². The highest BCUT2D eigenvalue weighted by molar-refractivity contribution is 5.85. The zero-order valence-electron chi connectivity index (χ0n) is 11.2. The molecule has 1 saturated heterocycles. The van der Waals surface area contributed by atoms with Crippen molar-refractivity contribution in [2.24, 2.45) is 0 Å². The molecule has 5 nitrogen and oxygen atoms in total. The quantitative estimate of drug-likeness (QED) is 0.714. The van der Waals surface area contributed by atoms with Gasteiger partial charge in [-0.2, -0.15) is 0 Å². The third kappa shape index (κ3) is 7.38. The highest BCUT2D eigenvalue weighted by Crippen LogP contribution is 2.00. The number of amides is 1. The van der Waals surface area contributed by atoms with Crippen LogP contribution in [-0.4, -0.2) is 75.2 Å². The van der Waals surface area contributed by atoms with Gasteiger partial charge in [0.25, 0.3) is 0 Å². The maximum absolute atomic E-state index is 11.8. The highest BCUT2D eigenvalue weighted by Gasteiger charge is 2.19. The fraction of sp³-hybridized carbons (Fsp3) is 0.909. The number of halogens is 2. The van der Waals surface area contributed by atoms with Crippen molar-refractivity contribution in [1.29, 1.82) is 0 Å². The number of nitrogens with zero attached hydrogens (tertiary/aromatic N) is 2. The molecule has 0 aromatic rings. The molecule has 0 aliphatic carbocycles. The monoisotopic (exact) mass is 301 g/mol. The predicted octanol–water partition coefficient (Wildman–Crippen LogP) is 0.230. The smallest absolute Gasteiger partial charge is 0.236 e. The van der Waals surface area contributed by atoms with Crippen LogP contribution in [0.1, 0.15) is 6.92 Å². The molecule has 0 aromatic heterocycles. The van der Waals surface area contributed by atoms with Crippen LogP contribution in [0.15, 0.2) is 0 Å². The first-order valence-corrected chi connectivity index (χ1v) is 5.97. The van der Waals surface area contributed by atoms with E-state index in [1.807, 2.05) is 4.90 Å². The molecule has 110 valence electrons. The molecule has 0 saturated carbocycles. The Morgan fingerprint density at radius 1 is 1.22 bits per heavy atom. The topological polar surface area (TPSA) is 44.8 Å². The number of likely N-dealkylation sites (N-methyl/N-ethyl adjacent to an activating group) is 1. The van der Waals surface area contributed by atoms with E-state index in [1.165, 1.54) is 0 Å². The third-order valence-corrected chi connectivity index (χ3v) is 2.93. The molecule has 1 aliphatic rings. The first-order chi connectivity index (χ1) is 7.77. The van der Waals surface area contributed by atoms with E-state index in [0.29, 0.717) is 13.2 Å². The number of rotatable bonds is 6. The van der Waals surface area contributed by atoms with Crippen LogP contribution in [0.25, 0.3) is 0 Å². The summed E-state index contributed by atoms with van der Waals surface area (Å²) in [4.78, 5) is 16.1. The van der Waals surface area contributed by atoms with Gasteiger partial charge in [0.2, 0.25) is 5.91 Å². The molecule has 0 spiro atoms. The largest absolute Gasteiger partial charge is 0.383 e. The molecule has 7 heteroatoms. The minimum atomic E-state index is 0. The normalized spacial score (nSPS) is 15.8. The second-order valence-corrected chi connectivity index (χ2v) is 3.98. The number of ether oxygens (including phenoxy) is 1. The van der Waals surface area contributed by atoms with Crippen molar-refractivity contribution in [3.05, 3.63) is 0 Å². The fourth-order valence-electron chi connectivity index (χ4n) is 1.79. The van der Waals surface area contributed by atoms with Crippen molar-refractivity contribution in [3.8, 4) is 0 Å². The molecule has 0 aromatic carbocycles. The van der Waals surface area contributed by atoms with Gasteiger partial charge in [-0.3, -0.25) is 4.79 Å². The minimum Gasteiger partial charge on any atom is -0.383 e. The van der Waals surface area contributed by atoms with E-state index in [2.05, 4.69) is 17.1 Å². The summed E-state index contributed by atoms with van der Waals surface area (Å²) in [5.41, 5.74) is 0. The zero-order valence-corrected chi connectivity index (χ0v) is 12.8. The van der Waals surface area contributed by atoms with Crippen LogP contribution in [0, 0.1) is 0 Å². The Morgan fingerprint density at radius 2 is 1.83 bits per heavy atom. The molecule has 1 fully saturated rings. The number of hydrogen-bond acceptors (Lipinski definition) is 4. The van der Waals surface area contributed by atoms with Crippen LogP contribution >= 0.6 is 24.8 Å². The lowest BCUT2D eigenvalue weighted by molar-refractivity contribution is -0.131. The second kappa shape index (κ2) is 12.0. The van der Waals surface area contributed by atoms with Crippen LogP contribution in [0.3, 0.4) is 0 Å². The van der Waals surface area contributed by atoms with E-state index in [-0.39, 0.29) is 30.7 Å². The average molecular weight is 302 g/mol. The Balaban J connectivity index is 0. The van der Waals surface area contributed by atoms with Crippen molar-refractivity contribution in [2.45, 2.75) is 6.92 Å². The molecule has 1 heterocycles.